The molecule has 0 aliphatic carbocycles. The van der Waals surface area contributed by atoms with Gasteiger partial charge >= 0.3 is 0 Å². The van der Waals surface area contributed by atoms with Crippen LogP contribution >= 0.6 is 22.9 Å². The average molecular weight is 309 g/mol. The predicted molar refractivity (Wildman–Crippen MR) is 74.5 cm³/mol. The zero-order valence-electron chi connectivity index (χ0n) is 10.4. The highest BCUT2D eigenvalue weighted by molar-refractivity contribution is 7.91. The highest BCUT2D eigenvalue weighted by atomic mass is 35.5. The van der Waals surface area contributed by atoms with E-state index >= 15 is 0 Å². The Morgan fingerprint density at radius 2 is 2.17 bits per heavy atom. The van der Waals surface area contributed by atoms with Crippen LogP contribution in [0.4, 0.5) is 0 Å². The molecule has 4 nitrogen and oxygen atoms in total. The van der Waals surface area contributed by atoms with Gasteiger partial charge in [0.15, 0.2) is 0 Å². The number of hydrogen-bond acceptors (Lipinski definition) is 4. The summed E-state index contributed by atoms with van der Waals surface area (Å²) < 4.78 is 27.2. The number of hydrogen-bond donors (Lipinski definition) is 1. The van der Waals surface area contributed by atoms with Gasteiger partial charge < -0.3 is 5.73 Å². The Kier molecular flexibility index (Phi) is 3.77. The maximum absolute atomic E-state index is 12.4. The monoisotopic (exact) mass is 308 g/mol. The van der Waals surface area contributed by atoms with Gasteiger partial charge in [0.2, 0.25) is 0 Å². The van der Waals surface area contributed by atoms with E-state index in [1.54, 1.807) is 12.1 Å². The quantitative estimate of drug-likeness (QED) is 0.910. The molecule has 0 amide bonds. The summed E-state index contributed by atoms with van der Waals surface area (Å²) in [7, 11) is -3.42. The van der Waals surface area contributed by atoms with Gasteiger partial charge in [-0.25, -0.2) is 8.42 Å². The van der Waals surface area contributed by atoms with Crippen LogP contribution < -0.4 is 5.73 Å². The third-order valence-electron chi connectivity index (χ3n) is 3.42. The molecular weight excluding hydrogens is 292 g/mol. The zero-order chi connectivity index (χ0) is 13.6. The molecule has 0 saturated carbocycles. The minimum Gasteiger partial charge on any atom is -0.327 e. The Bertz CT molecular complexity index is 539. The summed E-state index contributed by atoms with van der Waals surface area (Å²) in [5, 5.41) is 0. The first-order valence-corrected chi connectivity index (χ1v) is 8.38. The van der Waals surface area contributed by atoms with E-state index in [1.165, 1.54) is 4.31 Å². The second kappa shape index (κ2) is 4.76. The van der Waals surface area contributed by atoms with Gasteiger partial charge in [0.1, 0.15) is 4.21 Å². The molecule has 1 aliphatic rings. The summed E-state index contributed by atoms with van der Waals surface area (Å²) in [6.07, 6.45) is 0.686. The Labute approximate surface area is 117 Å². The predicted octanol–water partition coefficient (Wildman–Crippen LogP) is 2.15. The van der Waals surface area contributed by atoms with Crippen molar-refractivity contribution in [2.75, 3.05) is 13.1 Å². The van der Waals surface area contributed by atoms with E-state index < -0.39 is 10.0 Å². The van der Waals surface area contributed by atoms with Crippen LogP contribution in [-0.2, 0) is 10.0 Å². The fraction of sp³-hybridized carbons (Fsp3) is 0.636. The van der Waals surface area contributed by atoms with Crippen LogP contribution in [0, 0.1) is 5.41 Å². The lowest BCUT2D eigenvalue weighted by Gasteiger charge is -2.41. The van der Waals surface area contributed by atoms with E-state index in [9.17, 15) is 8.42 Å². The molecule has 102 valence electrons. The van der Waals surface area contributed by atoms with Crippen LogP contribution in [0.2, 0.25) is 4.34 Å². The minimum atomic E-state index is -3.42. The first kappa shape index (κ1) is 14.3. The van der Waals surface area contributed by atoms with Crippen LogP contribution in [0.15, 0.2) is 16.3 Å². The zero-order valence-corrected chi connectivity index (χ0v) is 12.8. The Morgan fingerprint density at radius 3 is 2.67 bits per heavy atom. The molecule has 1 unspecified atom stereocenters. The fourth-order valence-corrected chi connectivity index (χ4v) is 5.36. The van der Waals surface area contributed by atoms with Gasteiger partial charge in [-0.3, -0.25) is 0 Å². The van der Waals surface area contributed by atoms with Crippen molar-refractivity contribution in [2.45, 2.75) is 30.5 Å². The van der Waals surface area contributed by atoms with Crippen LogP contribution in [-0.4, -0.2) is 31.9 Å². The molecular formula is C11H17ClN2O2S2. The van der Waals surface area contributed by atoms with Gasteiger partial charge in [0.25, 0.3) is 10.0 Å². The third-order valence-corrected chi connectivity index (χ3v) is 6.96. The molecule has 2 rings (SSSR count). The van der Waals surface area contributed by atoms with E-state index in [0.29, 0.717) is 28.1 Å². The summed E-state index contributed by atoms with van der Waals surface area (Å²) in [4.78, 5) is 0. The maximum atomic E-state index is 12.4. The summed E-state index contributed by atoms with van der Waals surface area (Å²) in [5.74, 6) is 0. The van der Waals surface area contributed by atoms with Gasteiger partial charge in [-0.15, -0.1) is 11.3 Å². The second-order valence-corrected chi connectivity index (χ2v) is 9.16. The van der Waals surface area contributed by atoms with Gasteiger partial charge in [0, 0.05) is 19.1 Å². The van der Waals surface area contributed by atoms with Gasteiger partial charge in [0.05, 0.1) is 4.34 Å². The Morgan fingerprint density at radius 1 is 1.50 bits per heavy atom. The molecule has 0 aromatic carbocycles. The summed E-state index contributed by atoms with van der Waals surface area (Å²) in [6.45, 7) is 4.93. The molecule has 18 heavy (non-hydrogen) atoms. The third kappa shape index (κ3) is 2.58. The van der Waals surface area contributed by atoms with Gasteiger partial charge in [-0.2, -0.15) is 4.31 Å². The second-order valence-electron chi connectivity index (χ2n) is 5.28. The van der Waals surface area contributed by atoms with Crippen molar-refractivity contribution in [1.29, 1.82) is 0 Å². The van der Waals surface area contributed by atoms with E-state index in [-0.39, 0.29) is 11.5 Å². The molecule has 1 aromatic heterocycles. The topological polar surface area (TPSA) is 63.4 Å². The summed E-state index contributed by atoms with van der Waals surface area (Å²) in [5.41, 5.74) is 5.82. The van der Waals surface area contributed by atoms with Crippen LogP contribution in [0.1, 0.15) is 20.3 Å². The first-order valence-electron chi connectivity index (χ1n) is 5.74. The number of thiophene rings is 1. The smallest absolute Gasteiger partial charge is 0.252 e. The molecule has 1 aliphatic heterocycles. The fourth-order valence-electron chi connectivity index (χ4n) is 2.09. The molecule has 2 heterocycles. The van der Waals surface area contributed by atoms with Crippen molar-refractivity contribution in [3.63, 3.8) is 0 Å². The number of sulfonamides is 1. The van der Waals surface area contributed by atoms with E-state index in [1.807, 2.05) is 13.8 Å². The van der Waals surface area contributed by atoms with Gasteiger partial charge in [-0.05, 0) is 24.0 Å². The highest BCUT2D eigenvalue weighted by Crippen LogP contribution is 2.34. The number of halogens is 1. The highest BCUT2D eigenvalue weighted by Gasteiger charge is 2.39. The summed E-state index contributed by atoms with van der Waals surface area (Å²) in [6, 6.07) is 3.21. The lowest BCUT2D eigenvalue weighted by Crippen LogP contribution is -2.53. The number of rotatable bonds is 2. The first-order chi connectivity index (χ1) is 8.23. The van der Waals surface area contributed by atoms with Crippen molar-refractivity contribution in [2.24, 2.45) is 11.1 Å². The molecule has 1 atom stereocenters. The SMILES string of the molecule is CC1(C)CN(S(=O)(=O)c2ccc(Cl)s2)CCC1N. The Balaban J connectivity index is 2.27. The molecule has 1 aromatic rings. The van der Waals surface area contributed by atoms with Crippen molar-refractivity contribution in [3.8, 4) is 0 Å². The van der Waals surface area contributed by atoms with Gasteiger partial charge in [-0.1, -0.05) is 25.4 Å². The molecule has 0 radical (unpaired) electrons. The van der Waals surface area contributed by atoms with Crippen LogP contribution in [0.5, 0.6) is 0 Å². The number of nitrogens with zero attached hydrogens (tertiary/aromatic N) is 1. The normalized spacial score (nSPS) is 25.2. The molecule has 7 heteroatoms. The standard InChI is InChI=1S/C11H17ClN2O2S2/c1-11(2)7-14(6-5-8(11)13)18(15,16)10-4-3-9(12)17-10/h3-4,8H,5-7,13H2,1-2H3. The molecule has 0 bridgehead atoms. The van der Waals surface area contributed by atoms with Crippen molar-refractivity contribution >= 4 is 33.0 Å². The lowest BCUT2D eigenvalue weighted by molar-refractivity contribution is 0.156. The number of piperidine rings is 1. The average Bonchev–Trinajstić information content (AvgIpc) is 2.69. The van der Waals surface area contributed by atoms with E-state index in [0.717, 1.165) is 11.3 Å². The van der Waals surface area contributed by atoms with Crippen LogP contribution in [0.3, 0.4) is 0 Å². The largest absolute Gasteiger partial charge is 0.327 e. The van der Waals surface area contributed by atoms with Crippen molar-refractivity contribution < 1.29 is 8.42 Å². The molecule has 1 saturated heterocycles. The number of nitrogens with two attached hydrogens (primary N) is 1. The lowest BCUT2D eigenvalue weighted by atomic mass is 9.81. The van der Waals surface area contributed by atoms with E-state index in [4.69, 9.17) is 17.3 Å². The molecule has 0 spiro atoms. The van der Waals surface area contributed by atoms with Crippen LogP contribution in [0.25, 0.3) is 0 Å². The van der Waals surface area contributed by atoms with Crippen molar-refractivity contribution in [1.82, 2.24) is 4.31 Å². The summed E-state index contributed by atoms with van der Waals surface area (Å²) >= 11 is 6.89. The van der Waals surface area contributed by atoms with Crippen molar-refractivity contribution in [3.05, 3.63) is 16.5 Å². The maximum Gasteiger partial charge on any atom is 0.252 e. The van der Waals surface area contributed by atoms with E-state index in [2.05, 4.69) is 0 Å². The Hall–Kier alpha value is -0.140. The minimum absolute atomic E-state index is 0.0378. The molecule has 1 fully saturated rings. The molecule has 2 N–H and O–H groups in total.